The lowest BCUT2D eigenvalue weighted by Crippen LogP contribution is -2.37. The molecule has 1 saturated carbocycles. The van der Waals surface area contributed by atoms with Crippen LogP contribution in [0.15, 0.2) is 12.4 Å². The molecule has 3 atom stereocenters. The Morgan fingerprint density at radius 3 is 2.95 bits per heavy atom. The lowest BCUT2D eigenvalue weighted by molar-refractivity contribution is 0.183. The number of rotatable bonds is 6. The summed E-state index contributed by atoms with van der Waals surface area (Å²) in [5, 5.41) is 8.10. The number of methoxy groups -OCH3 is 1. The van der Waals surface area contributed by atoms with Gasteiger partial charge in [0.2, 0.25) is 0 Å². The van der Waals surface area contributed by atoms with Crippen molar-refractivity contribution in [1.82, 2.24) is 9.78 Å². The van der Waals surface area contributed by atoms with Crippen molar-refractivity contribution in [3.63, 3.8) is 0 Å². The summed E-state index contributed by atoms with van der Waals surface area (Å²) in [5.74, 6) is 2.34. The number of nitrogens with one attached hydrogen (secondary N) is 1. The molecule has 4 heteroatoms. The maximum atomic E-state index is 5.09. The van der Waals surface area contributed by atoms with Crippen LogP contribution in [0.5, 0.6) is 0 Å². The fraction of sp³-hybridized carbons (Fsp3) is 0.812. The average Bonchev–Trinajstić information content (AvgIpc) is 2.83. The predicted molar refractivity (Wildman–Crippen MR) is 82.9 cm³/mol. The maximum absolute atomic E-state index is 5.09. The summed E-state index contributed by atoms with van der Waals surface area (Å²) in [5.41, 5.74) is 1.14. The molecule has 1 aromatic rings. The standard InChI is InChI=1S/C16H29N3O/c1-12(2)15-6-5-13(3)9-16(15)18-14-10-17-19(11-14)7-8-20-4/h10-13,15-16,18H,5-9H2,1-4H3. The minimum absolute atomic E-state index is 0.582. The zero-order valence-corrected chi connectivity index (χ0v) is 13.3. The quantitative estimate of drug-likeness (QED) is 0.867. The molecule has 0 radical (unpaired) electrons. The molecule has 114 valence electrons. The number of nitrogens with zero attached hydrogens (tertiary/aromatic N) is 2. The minimum atomic E-state index is 0.582. The van der Waals surface area contributed by atoms with Crippen molar-refractivity contribution in [3.05, 3.63) is 12.4 Å². The van der Waals surface area contributed by atoms with Gasteiger partial charge in [-0.15, -0.1) is 0 Å². The van der Waals surface area contributed by atoms with Crippen LogP contribution in [-0.2, 0) is 11.3 Å². The first kappa shape index (κ1) is 15.4. The zero-order valence-electron chi connectivity index (χ0n) is 13.3. The summed E-state index contributed by atoms with van der Waals surface area (Å²) in [7, 11) is 1.72. The number of aromatic nitrogens is 2. The largest absolute Gasteiger partial charge is 0.383 e. The first-order chi connectivity index (χ1) is 9.60. The number of ether oxygens (including phenoxy) is 1. The molecular formula is C16H29N3O. The summed E-state index contributed by atoms with van der Waals surface area (Å²) in [6.45, 7) is 8.57. The maximum Gasteiger partial charge on any atom is 0.0728 e. The number of hydrogen-bond donors (Lipinski definition) is 1. The Labute approximate surface area is 122 Å². The van der Waals surface area contributed by atoms with Crippen LogP contribution in [0.4, 0.5) is 5.69 Å². The molecule has 1 fully saturated rings. The van der Waals surface area contributed by atoms with E-state index in [-0.39, 0.29) is 0 Å². The molecule has 1 heterocycles. The van der Waals surface area contributed by atoms with E-state index in [1.54, 1.807) is 7.11 Å². The Hall–Kier alpha value is -1.03. The molecule has 0 bridgehead atoms. The lowest BCUT2D eigenvalue weighted by atomic mass is 9.74. The van der Waals surface area contributed by atoms with Gasteiger partial charge in [-0.25, -0.2) is 0 Å². The van der Waals surface area contributed by atoms with Crippen molar-refractivity contribution in [1.29, 1.82) is 0 Å². The van der Waals surface area contributed by atoms with E-state index in [4.69, 9.17) is 4.74 Å². The predicted octanol–water partition coefficient (Wildman–Crippen LogP) is 3.40. The summed E-state index contributed by atoms with van der Waals surface area (Å²) >= 11 is 0. The number of hydrogen-bond acceptors (Lipinski definition) is 3. The molecular weight excluding hydrogens is 250 g/mol. The van der Waals surface area contributed by atoms with Crippen molar-refractivity contribution in [2.24, 2.45) is 17.8 Å². The SMILES string of the molecule is COCCn1cc(NC2CC(C)CCC2C(C)C)cn1. The highest BCUT2D eigenvalue weighted by molar-refractivity contribution is 5.39. The Morgan fingerprint density at radius 2 is 2.25 bits per heavy atom. The molecule has 0 saturated heterocycles. The van der Waals surface area contributed by atoms with Crippen LogP contribution in [0.3, 0.4) is 0 Å². The third kappa shape index (κ3) is 3.98. The van der Waals surface area contributed by atoms with Crippen LogP contribution in [-0.4, -0.2) is 29.5 Å². The van der Waals surface area contributed by atoms with Gasteiger partial charge in [0.25, 0.3) is 0 Å². The van der Waals surface area contributed by atoms with Crippen LogP contribution in [0.1, 0.15) is 40.0 Å². The Kier molecular flexibility index (Phi) is 5.46. The average molecular weight is 279 g/mol. The monoisotopic (exact) mass is 279 g/mol. The molecule has 1 N–H and O–H groups in total. The second kappa shape index (κ2) is 7.11. The summed E-state index contributed by atoms with van der Waals surface area (Å²) < 4.78 is 7.03. The third-order valence-corrected chi connectivity index (χ3v) is 4.53. The highest BCUT2D eigenvalue weighted by Crippen LogP contribution is 2.35. The first-order valence-electron chi connectivity index (χ1n) is 7.88. The Morgan fingerprint density at radius 1 is 1.45 bits per heavy atom. The van der Waals surface area contributed by atoms with Crippen molar-refractivity contribution in [2.75, 3.05) is 19.0 Å². The van der Waals surface area contributed by atoms with E-state index in [0.717, 1.165) is 30.0 Å². The second-order valence-corrected chi connectivity index (χ2v) is 6.56. The molecule has 0 amide bonds. The van der Waals surface area contributed by atoms with Crippen LogP contribution in [0, 0.1) is 17.8 Å². The van der Waals surface area contributed by atoms with E-state index < -0.39 is 0 Å². The van der Waals surface area contributed by atoms with Gasteiger partial charge in [0.1, 0.15) is 0 Å². The lowest BCUT2D eigenvalue weighted by Gasteiger charge is -2.38. The third-order valence-electron chi connectivity index (χ3n) is 4.53. The second-order valence-electron chi connectivity index (χ2n) is 6.56. The molecule has 3 unspecified atom stereocenters. The van der Waals surface area contributed by atoms with Gasteiger partial charge in [0, 0.05) is 19.3 Å². The van der Waals surface area contributed by atoms with E-state index in [2.05, 4.69) is 37.4 Å². The van der Waals surface area contributed by atoms with E-state index in [0.29, 0.717) is 12.6 Å². The van der Waals surface area contributed by atoms with E-state index in [9.17, 15) is 0 Å². The van der Waals surface area contributed by atoms with Crippen molar-refractivity contribution >= 4 is 5.69 Å². The highest BCUT2D eigenvalue weighted by Gasteiger charge is 2.30. The molecule has 1 aromatic heterocycles. The van der Waals surface area contributed by atoms with Gasteiger partial charge in [-0.3, -0.25) is 4.68 Å². The fourth-order valence-electron chi connectivity index (χ4n) is 3.33. The molecule has 0 aliphatic heterocycles. The van der Waals surface area contributed by atoms with Crippen LogP contribution in [0.25, 0.3) is 0 Å². The molecule has 20 heavy (non-hydrogen) atoms. The summed E-state index contributed by atoms with van der Waals surface area (Å²) in [4.78, 5) is 0. The smallest absolute Gasteiger partial charge is 0.0728 e. The minimum Gasteiger partial charge on any atom is -0.383 e. The van der Waals surface area contributed by atoms with Crippen LogP contribution >= 0.6 is 0 Å². The van der Waals surface area contributed by atoms with Crippen molar-refractivity contribution in [2.45, 2.75) is 52.6 Å². The molecule has 1 aliphatic rings. The zero-order chi connectivity index (χ0) is 14.5. The first-order valence-corrected chi connectivity index (χ1v) is 7.88. The van der Waals surface area contributed by atoms with Gasteiger partial charge in [-0.1, -0.05) is 27.2 Å². The normalized spacial score (nSPS) is 26.9. The van der Waals surface area contributed by atoms with Gasteiger partial charge in [0.15, 0.2) is 0 Å². The van der Waals surface area contributed by atoms with E-state index in [1.807, 2.05) is 10.9 Å². The molecule has 0 spiro atoms. The molecule has 2 rings (SSSR count). The van der Waals surface area contributed by atoms with Crippen LogP contribution in [0.2, 0.25) is 0 Å². The Bertz CT molecular complexity index is 402. The topological polar surface area (TPSA) is 39.1 Å². The van der Waals surface area contributed by atoms with Crippen molar-refractivity contribution < 1.29 is 4.74 Å². The number of anilines is 1. The van der Waals surface area contributed by atoms with Crippen molar-refractivity contribution in [3.8, 4) is 0 Å². The van der Waals surface area contributed by atoms with Gasteiger partial charge >= 0.3 is 0 Å². The van der Waals surface area contributed by atoms with Gasteiger partial charge in [-0.2, -0.15) is 5.10 Å². The summed E-state index contributed by atoms with van der Waals surface area (Å²) in [6.07, 6.45) is 8.01. The summed E-state index contributed by atoms with van der Waals surface area (Å²) in [6, 6.07) is 0.582. The van der Waals surface area contributed by atoms with Crippen LogP contribution < -0.4 is 5.32 Å². The highest BCUT2D eigenvalue weighted by atomic mass is 16.5. The van der Waals surface area contributed by atoms with E-state index in [1.165, 1.54) is 19.3 Å². The Balaban J connectivity index is 1.97. The van der Waals surface area contributed by atoms with E-state index >= 15 is 0 Å². The molecule has 4 nitrogen and oxygen atoms in total. The molecule has 1 aliphatic carbocycles. The van der Waals surface area contributed by atoms with Gasteiger partial charge in [0.05, 0.1) is 25.0 Å². The molecule has 0 aromatic carbocycles. The fourth-order valence-corrected chi connectivity index (χ4v) is 3.33. The van der Waals surface area contributed by atoms with Gasteiger partial charge in [-0.05, 0) is 30.6 Å². The van der Waals surface area contributed by atoms with Gasteiger partial charge < -0.3 is 10.1 Å².